The highest BCUT2D eigenvalue weighted by Crippen LogP contribution is 2.19. The summed E-state index contributed by atoms with van der Waals surface area (Å²) in [4.78, 5) is 14.2. The van der Waals surface area contributed by atoms with E-state index in [1.165, 1.54) is 0 Å². The number of piperidine rings is 1. The third-order valence-corrected chi connectivity index (χ3v) is 4.74. The van der Waals surface area contributed by atoms with E-state index in [1.54, 1.807) is 12.1 Å². The van der Waals surface area contributed by atoms with E-state index in [0.29, 0.717) is 18.7 Å². The summed E-state index contributed by atoms with van der Waals surface area (Å²) in [6.07, 6.45) is 4.29. The van der Waals surface area contributed by atoms with Crippen LogP contribution in [0.15, 0.2) is 24.3 Å². The number of amides is 1. The molecule has 134 valence electrons. The fourth-order valence-corrected chi connectivity index (χ4v) is 3.28. The van der Waals surface area contributed by atoms with Crippen LogP contribution in [-0.2, 0) is 9.53 Å². The Kier molecular flexibility index (Phi) is 6.26. The maximum absolute atomic E-state index is 12.0. The molecule has 2 fully saturated rings. The number of nitrogens with zero attached hydrogens (tertiary/aromatic N) is 2. The molecule has 1 amide bonds. The van der Waals surface area contributed by atoms with Crippen molar-refractivity contribution >= 4 is 5.91 Å². The maximum Gasteiger partial charge on any atom is 0.234 e. The summed E-state index contributed by atoms with van der Waals surface area (Å²) in [5.41, 5.74) is 0.635. The van der Waals surface area contributed by atoms with Gasteiger partial charge in [0.15, 0.2) is 0 Å². The number of benzene rings is 1. The summed E-state index contributed by atoms with van der Waals surface area (Å²) in [7, 11) is 0. The van der Waals surface area contributed by atoms with Gasteiger partial charge in [-0.25, -0.2) is 0 Å². The number of ether oxygens (including phenoxy) is 2. The van der Waals surface area contributed by atoms with Crippen molar-refractivity contribution in [1.29, 1.82) is 5.26 Å². The second-order valence-electron chi connectivity index (χ2n) is 6.67. The van der Waals surface area contributed by atoms with E-state index in [2.05, 4.69) is 16.3 Å². The first-order chi connectivity index (χ1) is 12.2. The highest BCUT2D eigenvalue weighted by molar-refractivity contribution is 5.78. The van der Waals surface area contributed by atoms with Gasteiger partial charge >= 0.3 is 0 Å². The van der Waals surface area contributed by atoms with Crippen LogP contribution < -0.4 is 10.1 Å². The fraction of sp³-hybridized carbons (Fsp3) is 0.579. The Labute approximate surface area is 148 Å². The Morgan fingerprint density at radius 3 is 2.68 bits per heavy atom. The Balaban J connectivity index is 1.35. The lowest BCUT2D eigenvalue weighted by atomic mass is 10.1. The molecule has 0 aromatic heterocycles. The van der Waals surface area contributed by atoms with Gasteiger partial charge in [-0.2, -0.15) is 5.26 Å². The maximum atomic E-state index is 12.0. The molecule has 2 saturated heterocycles. The monoisotopic (exact) mass is 343 g/mol. The number of nitriles is 1. The first kappa shape index (κ1) is 17.7. The van der Waals surface area contributed by atoms with Crippen LogP contribution >= 0.6 is 0 Å². The molecule has 6 heteroatoms. The lowest BCUT2D eigenvalue weighted by molar-refractivity contribution is -0.123. The average molecular weight is 343 g/mol. The minimum Gasteiger partial charge on any atom is -0.490 e. The molecule has 1 aromatic rings. The van der Waals surface area contributed by atoms with Crippen LogP contribution in [0.25, 0.3) is 0 Å². The minimum atomic E-state index is 0.0713. The zero-order valence-corrected chi connectivity index (χ0v) is 14.4. The number of carbonyl (C=O) groups is 1. The van der Waals surface area contributed by atoms with Crippen molar-refractivity contribution in [3.8, 4) is 11.8 Å². The Morgan fingerprint density at radius 1 is 1.28 bits per heavy atom. The summed E-state index contributed by atoms with van der Waals surface area (Å²) >= 11 is 0. The van der Waals surface area contributed by atoms with Crippen molar-refractivity contribution in [1.82, 2.24) is 10.2 Å². The fourth-order valence-electron chi connectivity index (χ4n) is 3.28. The third kappa shape index (κ3) is 5.45. The van der Waals surface area contributed by atoms with Gasteiger partial charge in [-0.15, -0.1) is 0 Å². The lowest BCUT2D eigenvalue weighted by Gasteiger charge is -2.31. The van der Waals surface area contributed by atoms with Gasteiger partial charge in [0.05, 0.1) is 24.3 Å². The molecule has 1 N–H and O–H groups in total. The predicted molar refractivity (Wildman–Crippen MR) is 93.2 cm³/mol. The first-order valence-electron chi connectivity index (χ1n) is 9.00. The van der Waals surface area contributed by atoms with E-state index in [1.807, 2.05) is 12.1 Å². The van der Waals surface area contributed by atoms with Crippen LogP contribution in [0.2, 0.25) is 0 Å². The molecule has 25 heavy (non-hydrogen) atoms. The normalized spacial score (nSPS) is 21.6. The molecule has 6 nitrogen and oxygen atoms in total. The van der Waals surface area contributed by atoms with E-state index >= 15 is 0 Å². The number of hydrogen-bond acceptors (Lipinski definition) is 5. The Bertz CT molecular complexity index is 597. The first-order valence-corrected chi connectivity index (χ1v) is 9.00. The number of rotatable bonds is 6. The van der Waals surface area contributed by atoms with Crippen LogP contribution in [0, 0.1) is 11.3 Å². The zero-order valence-electron chi connectivity index (χ0n) is 14.4. The second kappa shape index (κ2) is 8.84. The molecule has 2 aliphatic heterocycles. The van der Waals surface area contributed by atoms with E-state index in [-0.39, 0.29) is 18.1 Å². The van der Waals surface area contributed by atoms with E-state index in [9.17, 15) is 4.79 Å². The molecular formula is C19H25N3O3. The van der Waals surface area contributed by atoms with Crippen molar-refractivity contribution in [2.24, 2.45) is 0 Å². The van der Waals surface area contributed by atoms with Crippen molar-refractivity contribution in [3.63, 3.8) is 0 Å². The highest BCUT2D eigenvalue weighted by Gasteiger charge is 2.23. The minimum absolute atomic E-state index is 0.0713. The Hall–Kier alpha value is -2.10. The van der Waals surface area contributed by atoms with Crippen molar-refractivity contribution < 1.29 is 14.3 Å². The molecule has 0 aliphatic carbocycles. The molecule has 2 heterocycles. The molecule has 0 bridgehead atoms. The van der Waals surface area contributed by atoms with Gasteiger partial charge in [-0.05, 0) is 49.9 Å². The molecular weight excluding hydrogens is 318 g/mol. The summed E-state index contributed by atoms with van der Waals surface area (Å²) < 4.78 is 11.5. The van der Waals surface area contributed by atoms with Gasteiger partial charge < -0.3 is 14.8 Å². The van der Waals surface area contributed by atoms with Gasteiger partial charge in [-0.1, -0.05) is 0 Å². The van der Waals surface area contributed by atoms with Crippen LogP contribution in [0.4, 0.5) is 0 Å². The standard InChI is InChI=1S/C19H25N3O3/c20-12-15-3-5-16(6-4-15)25-17-7-9-22(10-8-17)14-19(23)21-13-18-2-1-11-24-18/h3-6,17-18H,1-2,7-11,13-14H2,(H,21,23)/t18-/m0/s1. The molecule has 1 atom stereocenters. The molecule has 0 unspecified atom stereocenters. The molecule has 3 rings (SSSR count). The van der Waals surface area contributed by atoms with Crippen molar-refractivity contribution in [2.75, 3.05) is 32.8 Å². The quantitative estimate of drug-likeness (QED) is 0.851. The lowest BCUT2D eigenvalue weighted by Crippen LogP contribution is -2.44. The zero-order chi connectivity index (χ0) is 17.5. The van der Waals surface area contributed by atoms with Gasteiger partial charge in [-0.3, -0.25) is 9.69 Å². The number of carbonyl (C=O) groups excluding carboxylic acids is 1. The molecule has 1 aromatic carbocycles. The van der Waals surface area contributed by atoms with Crippen LogP contribution in [-0.4, -0.2) is 55.8 Å². The molecule has 0 radical (unpaired) electrons. The van der Waals surface area contributed by atoms with E-state index < -0.39 is 0 Å². The van der Waals surface area contributed by atoms with Crippen molar-refractivity contribution in [2.45, 2.75) is 37.9 Å². The summed E-state index contributed by atoms with van der Waals surface area (Å²) in [6, 6.07) is 9.31. The molecule has 2 aliphatic rings. The molecule has 0 saturated carbocycles. The van der Waals surface area contributed by atoms with Gasteiger partial charge in [0.25, 0.3) is 0 Å². The third-order valence-electron chi connectivity index (χ3n) is 4.74. The number of nitrogens with one attached hydrogen (secondary N) is 1. The summed E-state index contributed by atoms with van der Waals surface area (Å²) in [5, 5.41) is 11.8. The summed E-state index contributed by atoms with van der Waals surface area (Å²) in [5.74, 6) is 0.869. The smallest absolute Gasteiger partial charge is 0.234 e. The van der Waals surface area contributed by atoms with Crippen LogP contribution in [0.3, 0.4) is 0 Å². The van der Waals surface area contributed by atoms with Gasteiger partial charge in [0.2, 0.25) is 5.91 Å². The number of likely N-dealkylation sites (tertiary alicyclic amines) is 1. The number of hydrogen-bond donors (Lipinski definition) is 1. The van der Waals surface area contributed by atoms with E-state index in [0.717, 1.165) is 51.1 Å². The average Bonchev–Trinajstić information content (AvgIpc) is 3.16. The largest absolute Gasteiger partial charge is 0.490 e. The summed E-state index contributed by atoms with van der Waals surface area (Å²) in [6.45, 7) is 3.59. The molecule has 0 spiro atoms. The predicted octanol–water partition coefficient (Wildman–Crippen LogP) is 1.70. The van der Waals surface area contributed by atoms with Gasteiger partial charge in [0, 0.05) is 26.2 Å². The van der Waals surface area contributed by atoms with E-state index in [4.69, 9.17) is 14.7 Å². The highest BCUT2D eigenvalue weighted by atomic mass is 16.5. The SMILES string of the molecule is N#Cc1ccc(OC2CCN(CC(=O)NC[C@@H]3CCCO3)CC2)cc1. The van der Waals surface area contributed by atoms with Crippen LogP contribution in [0.5, 0.6) is 5.75 Å². The van der Waals surface area contributed by atoms with Gasteiger partial charge in [0.1, 0.15) is 11.9 Å². The second-order valence-corrected chi connectivity index (χ2v) is 6.67. The Morgan fingerprint density at radius 2 is 2.04 bits per heavy atom. The van der Waals surface area contributed by atoms with Crippen LogP contribution in [0.1, 0.15) is 31.2 Å². The van der Waals surface area contributed by atoms with Crippen molar-refractivity contribution in [3.05, 3.63) is 29.8 Å². The topological polar surface area (TPSA) is 74.6 Å².